The number of para-hydroxylation sites is 1. The predicted molar refractivity (Wildman–Crippen MR) is 94.1 cm³/mol. The van der Waals surface area contributed by atoms with Crippen LogP contribution in [0.1, 0.15) is 11.4 Å². The third-order valence-corrected chi connectivity index (χ3v) is 3.85. The number of aromatic nitrogens is 4. The third-order valence-electron chi connectivity index (χ3n) is 3.85. The van der Waals surface area contributed by atoms with Crippen LogP contribution in [0, 0.1) is 13.8 Å². The molecule has 0 aliphatic rings. The van der Waals surface area contributed by atoms with Crippen molar-refractivity contribution in [2.24, 2.45) is 7.05 Å². The van der Waals surface area contributed by atoms with E-state index in [1.54, 1.807) is 6.33 Å². The minimum absolute atomic E-state index is 0.564. The maximum Gasteiger partial charge on any atom is 0.130 e. The van der Waals surface area contributed by atoms with Crippen molar-refractivity contribution in [1.82, 2.24) is 19.7 Å². The molecule has 1 aromatic carbocycles. The Morgan fingerprint density at radius 2 is 1.92 bits per heavy atom. The first-order chi connectivity index (χ1) is 11.6. The molecule has 124 valence electrons. The van der Waals surface area contributed by atoms with E-state index in [4.69, 9.17) is 4.74 Å². The molecule has 0 radical (unpaired) electrons. The van der Waals surface area contributed by atoms with Gasteiger partial charge in [0.2, 0.25) is 0 Å². The fourth-order valence-corrected chi connectivity index (χ4v) is 2.60. The van der Waals surface area contributed by atoms with E-state index in [9.17, 15) is 0 Å². The Morgan fingerprint density at radius 3 is 2.62 bits per heavy atom. The molecule has 0 amide bonds. The van der Waals surface area contributed by atoms with Gasteiger partial charge >= 0.3 is 0 Å². The van der Waals surface area contributed by atoms with Crippen LogP contribution >= 0.6 is 0 Å². The van der Waals surface area contributed by atoms with Crippen LogP contribution in [0.15, 0.2) is 42.7 Å². The summed E-state index contributed by atoms with van der Waals surface area (Å²) in [5.41, 5.74) is 3.99. The number of benzene rings is 1. The molecule has 0 unspecified atom stereocenters. The van der Waals surface area contributed by atoms with Gasteiger partial charge in [-0.1, -0.05) is 18.2 Å². The molecular weight excluding hydrogens is 302 g/mol. The lowest BCUT2D eigenvalue weighted by atomic mass is 10.1. The van der Waals surface area contributed by atoms with Gasteiger partial charge in [0.05, 0.1) is 17.9 Å². The van der Waals surface area contributed by atoms with Crippen LogP contribution in [0.4, 0.5) is 5.82 Å². The van der Waals surface area contributed by atoms with Crippen molar-refractivity contribution in [3.63, 3.8) is 0 Å². The first kappa shape index (κ1) is 16.0. The number of nitrogens with zero attached hydrogens (tertiary/aromatic N) is 4. The zero-order valence-corrected chi connectivity index (χ0v) is 14.2. The van der Waals surface area contributed by atoms with Gasteiger partial charge in [-0.05, 0) is 26.0 Å². The van der Waals surface area contributed by atoms with E-state index in [0.29, 0.717) is 13.2 Å². The molecule has 0 bridgehead atoms. The van der Waals surface area contributed by atoms with Gasteiger partial charge in [0.1, 0.15) is 24.5 Å². The summed E-state index contributed by atoms with van der Waals surface area (Å²) in [7, 11) is 1.94. The fourth-order valence-electron chi connectivity index (χ4n) is 2.60. The summed E-state index contributed by atoms with van der Waals surface area (Å²) >= 11 is 0. The number of hydrogen-bond acceptors (Lipinski definition) is 5. The van der Waals surface area contributed by atoms with Crippen LogP contribution in [0.3, 0.4) is 0 Å². The Bertz CT molecular complexity index is 814. The van der Waals surface area contributed by atoms with E-state index in [2.05, 4.69) is 20.4 Å². The smallest absolute Gasteiger partial charge is 0.130 e. The largest absolute Gasteiger partial charge is 0.492 e. The lowest BCUT2D eigenvalue weighted by Crippen LogP contribution is -2.12. The van der Waals surface area contributed by atoms with E-state index in [0.717, 1.165) is 34.2 Å². The second-order valence-electron chi connectivity index (χ2n) is 5.55. The Labute approximate surface area is 141 Å². The summed E-state index contributed by atoms with van der Waals surface area (Å²) in [6.07, 6.45) is 1.57. The number of hydrogen-bond donors (Lipinski definition) is 1. The van der Waals surface area contributed by atoms with Gasteiger partial charge < -0.3 is 10.1 Å². The first-order valence-electron chi connectivity index (χ1n) is 7.89. The summed E-state index contributed by atoms with van der Waals surface area (Å²) in [6.45, 7) is 5.26. The summed E-state index contributed by atoms with van der Waals surface area (Å²) in [5.74, 6) is 1.64. The first-order valence-corrected chi connectivity index (χ1v) is 7.89. The topological polar surface area (TPSA) is 64.9 Å². The van der Waals surface area contributed by atoms with E-state index in [-0.39, 0.29) is 0 Å². The second kappa shape index (κ2) is 7.12. The quantitative estimate of drug-likeness (QED) is 0.707. The van der Waals surface area contributed by atoms with Crippen LogP contribution in [0.5, 0.6) is 5.75 Å². The average Bonchev–Trinajstić information content (AvgIpc) is 2.85. The number of ether oxygens (including phenoxy) is 1. The summed E-state index contributed by atoms with van der Waals surface area (Å²) in [5, 5.41) is 7.71. The van der Waals surface area contributed by atoms with E-state index in [1.165, 1.54) is 0 Å². The highest BCUT2D eigenvalue weighted by molar-refractivity contribution is 5.66. The molecule has 0 saturated carbocycles. The molecule has 1 N–H and O–H groups in total. The van der Waals surface area contributed by atoms with Crippen LogP contribution in [-0.2, 0) is 7.05 Å². The minimum Gasteiger partial charge on any atom is -0.492 e. The predicted octanol–water partition coefficient (Wildman–Crippen LogP) is 2.98. The minimum atomic E-state index is 0.564. The molecule has 0 aliphatic carbocycles. The summed E-state index contributed by atoms with van der Waals surface area (Å²) in [4.78, 5) is 8.66. The molecule has 0 saturated heterocycles. The Morgan fingerprint density at radius 1 is 1.12 bits per heavy atom. The maximum absolute atomic E-state index is 5.66. The number of nitrogens with one attached hydrogen (secondary N) is 1. The Kier molecular flexibility index (Phi) is 4.74. The second-order valence-corrected chi connectivity index (χ2v) is 5.55. The van der Waals surface area contributed by atoms with Crippen molar-refractivity contribution in [1.29, 1.82) is 0 Å². The van der Waals surface area contributed by atoms with E-state index >= 15 is 0 Å². The van der Waals surface area contributed by atoms with Gasteiger partial charge in [0.15, 0.2) is 0 Å². The zero-order valence-electron chi connectivity index (χ0n) is 14.2. The number of aryl methyl sites for hydroxylation is 2. The van der Waals surface area contributed by atoms with Gasteiger partial charge in [0, 0.05) is 24.4 Å². The lowest BCUT2D eigenvalue weighted by molar-refractivity contribution is 0.333. The molecule has 3 aromatic rings. The molecule has 0 atom stereocenters. The highest BCUT2D eigenvalue weighted by Gasteiger charge is 2.13. The average molecular weight is 323 g/mol. The van der Waals surface area contributed by atoms with Crippen molar-refractivity contribution in [2.75, 3.05) is 18.5 Å². The highest BCUT2D eigenvalue weighted by Crippen LogP contribution is 2.25. The lowest BCUT2D eigenvalue weighted by Gasteiger charge is -2.09. The van der Waals surface area contributed by atoms with Crippen molar-refractivity contribution in [2.45, 2.75) is 13.8 Å². The molecule has 24 heavy (non-hydrogen) atoms. The van der Waals surface area contributed by atoms with Crippen molar-refractivity contribution >= 4 is 5.82 Å². The molecule has 0 fully saturated rings. The summed E-state index contributed by atoms with van der Waals surface area (Å²) in [6, 6.07) is 11.7. The Balaban J connectivity index is 1.63. The molecule has 0 aliphatic heterocycles. The molecule has 3 rings (SSSR count). The van der Waals surface area contributed by atoms with Gasteiger partial charge in [-0.25, -0.2) is 9.97 Å². The van der Waals surface area contributed by atoms with E-state index in [1.807, 2.05) is 62.0 Å². The third kappa shape index (κ3) is 3.53. The normalized spacial score (nSPS) is 10.6. The van der Waals surface area contributed by atoms with Gasteiger partial charge in [-0.15, -0.1) is 0 Å². The maximum atomic E-state index is 5.66. The highest BCUT2D eigenvalue weighted by atomic mass is 16.5. The van der Waals surface area contributed by atoms with Crippen LogP contribution in [0.2, 0.25) is 0 Å². The fraction of sp³-hybridized carbons (Fsp3) is 0.278. The molecular formula is C18H21N5O. The van der Waals surface area contributed by atoms with E-state index < -0.39 is 0 Å². The monoisotopic (exact) mass is 323 g/mol. The number of rotatable bonds is 6. The zero-order chi connectivity index (χ0) is 16.9. The Hall–Kier alpha value is -2.89. The van der Waals surface area contributed by atoms with Crippen molar-refractivity contribution < 1.29 is 4.74 Å². The number of anilines is 1. The molecule has 2 heterocycles. The summed E-state index contributed by atoms with van der Waals surface area (Å²) < 4.78 is 7.53. The van der Waals surface area contributed by atoms with Gasteiger partial charge in [-0.3, -0.25) is 4.68 Å². The SMILES string of the molecule is Cc1nn(C)c(C)c1-c1cc(NCCOc2ccccc2)ncn1. The standard InChI is InChI=1S/C18H21N5O/c1-13-18(14(2)23(3)22-13)16-11-17(21-12-20-16)19-9-10-24-15-7-5-4-6-8-15/h4-8,11-12H,9-10H2,1-3H3,(H,19,20,21). The molecule has 0 spiro atoms. The van der Waals surface area contributed by atoms with Gasteiger partial charge in [0.25, 0.3) is 0 Å². The van der Waals surface area contributed by atoms with Gasteiger partial charge in [-0.2, -0.15) is 5.10 Å². The van der Waals surface area contributed by atoms with Crippen LogP contribution in [-0.4, -0.2) is 32.9 Å². The molecule has 2 aromatic heterocycles. The van der Waals surface area contributed by atoms with Crippen LogP contribution in [0.25, 0.3) is 11.3 Å². The van der Waals surface area contributed by atoms with Crippen LogP contribution < -0.4 is 10.1 Å². The van der Waals surface area contributed by atoms with Crippen molar-refractivity contribution in [3.05, 3.63) is 54.1 Å². The molecule has 6 heteroatoms. The molecule has 6 nitrogen and oxygen atoms in total. The van der Waals surface area contributed by atoms with Crippen molar-refractivity contribution in [3.8, 4) is 17.0 Å².